The summed E-state index contributed by atoms with van der Waals surface area (Å²) in [6.45, 7) is 0.712. The zero-order valence-corrected chi connectivity index (χ0v) is 20.8. The molecule has 8 nitrogen and oxygen atoms in total. The molecule has 1 aromatic rings. The van der Waals surface area contributed by atoms with Gasteiger partial charge in [-0.15, -0.1) is 0 Å². The van der Waals surface area contributed by atoms with Crippen molar-refractivity contribution < 1.29 is 38.6 Å². The molecule has 0 saturated carbocycles. The van der Waals surface area contributed by atoms with E-state index >= 15 is 0 Å². The predicted molar refractivity (Wildman–Crippen MR) is 134 cm³/mol. The molecule has 8 heteroatoms. The number of rotatable bonds is 4. The molecule has 1 aromatic carbocycles. The first-order valence-electron chi connectivity index (χ1n) is 13.4. The van der Waals surface area contributed by atoms with Crippen LogP contribution in [0.4, 0.5) is 0 Å². The minimum Gasteiger partial charge on any atom is -0.394 e. The van der Waals surface area contributed by atoms with Crippen LogP contribution >= 0.6 is 0 Å². The van der Waals surface area contributed by atoms with Gasteiger partial charge < -0.3 is 38.6 Å². The van der Waals surface area contributed by atoms with Gasteiger partial charge in [0, 0.05) is 6.42 Å². The summed E-state index contributed by atoms with van der Waals surface area (Å²) in [5.41, 5.74) is 1.10. The summed E-state index contributed by atoms with van der Waals surface area (Å²) in [6.07, 6.45) is 9.80. The van der Waals surface area contributed by atoms with Gasteiger partial charge in [0.15, 0.2) is 0 Å². The van der Waals surface area contributed by atoms with E-state index in [0.29, 0.717) is 26.1 Å². The third-order valence-electron chi connectivity index (χ3n) is 7.88. The van der Waals surface area contributed by atoms with E-state index in [-0.39, 0.29) is 55.4 Å². The minimum absolute atomic E-state index is 0.116. The quantitative estimate of drug-likeness (QED) is 0.593. The Balaban J connectivity index is 1.23. The summed E-state index contributed by atoms with van der Waals surface area (Å²) in [5.74, 6) is 0. The molecule has 0 radical (unpaired) electrons. The minimum atomic E-state index is -0.860. The van der Waals surface area contributed by atoms with Gasteiger partial charge in [-0.1, -0.05) is 66.8 Å². The summed E-state index contributed by atoms with van der Waals surface area (Å²) in [4.78, 5) is 0. The van der Waals surface area contributed by atoms with Crippen LogP contribution < -0.4 is 0 Å². The second-order valence-electron chi connectivity index (χ2n) is 10.4. The highest BCUT2D eigenvalue weighted by Crippen LogP contribution is 2.40. The Morgan fingerprint density at radius 3 is 2.41 bits per heavy atom. The SMILES string of the molecule is OC[C@H]1O[C@H]2C=C[C@H]3O[C@H]4[C@H](OCc5ccccc5)[C@H]5OCC=CC[C@@H]5O[C@@H]4C[C@@H]3O[C@@H]2C/C=C\[C@@H]1O. The largest absolute Gasteiger partial charge is 0.394 e. The fourth-order valence-electron chi connectivity index (χ4n) is 5.97. The molecule has 37 heavy (non-hydrogen) atoms. The molecule has 5 aliphatic heterocycles. The third-order valence-corrected chi connectivity index (χ3v) is 7.88. The number of aliphatic hydroxyl groups is 2. The second kappa shape index (κ2) is 11.5. The Labute approximate surface area is 217 Å². The van der Waals surface area contributed by atoms with Crippen LogP contribution in [-0.4, -0.2) is 90.6 Å². The van der Waals surface area contributed by atoms with Crippen molar-refractivity contribution in [3.05, 3.63) is 72.4 Å². The molecular formula is C29H36O8. The van der Waals surface area contributed by atoms with E-state index in [0.717, 1.165) is 12.0 Å². The molecule has 2 fully saturated rings. The Morgan fingerprint density at radius 2 is 1.57 bits per heavy atom. The van der Waals surface area contributed by atoms with Crippen molar-refractivity contribution >= 4 is 0 Å². The first-order valence-corrected chi connectivity index (χ1v) is 13.4. The van der Waals surface area contributed by atoms with Gasteiger partial charge in [-0.2, -0.15) is 0 Å². The first-order chi connectivity index (χ1) is 18.2. The molecule has 0 aromatic heterocycles. The van der Waals surface area contributed by atoms with Crippen LogP contribution in [0.15, 0.2) is 66.8 Å². The van der Waals surface area contributed by atoms with Gasteiger partial charge >= 0.3 is 0 Å². The van der Waals surface area contributed by atoms with Crippen LogP contribution in [0, 0.1) is 0 Å². The average Bonchev–Trinajstić information content (AvgIpc) is 3.24. The molecule has 0 aliphatic carbocycles. The van der Waals surface area contributed by atoms with E-state index < -0.39 is 18.3 Å². The van der Waals surface area contributed by atoms with E-state index in [1.807, 2.05) is 42.5 Å². The normalized spacial score (nSPS) is 44.1. The van der Waals surface area contributed by atoms with Crippen molar-refractivity contribution in [1.29, 1.82) is 0 Å². The fraction of sp³-hybridized carbons (Fsp3) is 0.586. The number of fused-ring (bicyclic) bond motifs is 4. The molecule has 5 aliphatic rings. The van der Waals surface area contributed by atoms with E-state index in [2.05, 4.69) is 18.2 Å². The van der Waals surface area contributed by atoms with Crippen molar-refractivity contribution in [2.75, 3.05) is 13.2 Å². The second-order valence-corrected chi connectivity index (χ2v) is 10.4. The maximum atomic E-state index is 10.3. The third kappa shape index (κ3) is 5.48. The summed E-state index contributed by atoms with van der Waals surface area (Å²) < 4.78 is 38.6. The van der Waals surface area contributed by atoms with Crippen LogP contribution in [-0.2, 0) is 35.0 Å². The molecule has 2 saturated heterocycles. The Bertz CT molecular complexity index is 979. The summed E-state index contributed by atoms with van der Waals surface area (Å²) >= 11 is 0. The first kappa shape index (κ1) is 25.4. The molecule has 5 heterocycles. The topological polar surface area (TPSA) is 95.8 Å². The van der Waals surface area contributed by atoms with Crippen LogP contribution in [0.2, 0.25) is 0 Å². The van der Waals surface area contributed by atoms with Crippen LogP contribution in [0.3, 0.4) is 0 Å². The molecule has 11 atom stereocenters. The monoisotopic (exact) mass is 512 g/mol. The maximum absolute atomic E-state index is 10.3. The van der Waals surface area contributed by atoms with Crippen LogP contribution in [0.1, 0.15) is 24.8 Å². The maximum Gasteiger partial charge on any atom is 0.115 e. The van der Waals surface area contributed by atoms with Gasteiger partial charge in [0.2, 0.25) is 0 Å². The average molecular weight is 513 g/mol. The fourth-order valence-corrected chi connectivity index (χ4v) is 5.97. The Morgan fingerprint density at radius 1 is 0.784 bits per heavy atom. The lowest BCUT2D eigenvalue weighted by Gasteiger charge is -2.50. The molecule has 6 rings (SSSR count). The van der Waals surface area contributed by atoms with Crippen molar-refractivity contribution in [1.82, 2.24) is 0 Å². The van der Waals surface area contributed by atoms with E-state index in [9.17, 15) is 10.2 Å². The Hall–Kier alpha value is -1.88. The van der Waals surface area contributed by atoms with Crippen molar-refractivity contribution in [3.63, 3.8) is 0 Å². The summed E-state index contributed by atoms with van der Waals surface area (Å²) in [5, 5.41) is 20.0. The zero-order chi connectivity index (χ0) is 25.2. The van der Waals surface area contributed by atoms with Crippen molar-refractivity contribution in [2.24, 2.45) is 0 Å². The number of benzene rings is 1. The van der Waals surface area contributed by atoms with E-state index in [1.165, 1.54) is 0 Å². The highest BCUT2D eigenvalue weighted by atomic mass is 16.6. The predicted octanol–water partition coefficient (Wildman–Crippen LogP) is 2.23. The molecule has 2 N–H and O–H groups in total. The number of aliphatic hydroxyl groups excluding tert-OH is 2. The van der Waals surface area contributed by atoms with E-state index in [4.69, 9.17) is 28.4 Å². The standard InChI is InChI=1S/C29H36O8/c30-16-26-19(31)9-6-11-20-21(35-26)12-13-22-24(34-20)15-25-28(37-22)29(33-17-18-7-2-1-3-8-18)27-23(36-25)10-4-5-14-32-27/h1-9,12-13,19-31H,10-11,14-17H2/b9-6-/t19-,20+,21-,22+,23-,24-,25+,26+,27-,28+,29+/m0/s1. The van der Waals surface area contributed by atoms with Gasteiger partial charge in [0.25, 0.3) is 0 Å². The van der Waals surface area contributed by atoms with Gasteiger partial charge in [0.1, 0.15) is 42.7 Å². The Kier molecular flexibility index (Phi) is 7.88. The number of hydrogen-bond donors (Lipinski definition) is 2. The van der Waals surface area contributed by atoms with Crippen LogP contribution in [0.25, 0.3) is 0 Å². The highest BCUT2D eigenvalue weighted by Gasteiger charge is 2.53. The molecule has 0 bridgehead atoms. The number of ether oxygens (including phenoxy) is 6. The van der Waals surface area contributed by atoms with Crippen LogP contribution in [0.5, 0.6) is 0 Å². The summed E-state index contributed by atoms with van der Waals surface area (Å²) in [7, 11) is 0. The van der Waals surface area contributed by atoms with Gasteiger partial charge in [-0.05, 0) is 18.4 Å². The smallest absolute Gasteiger partial charge is 0.115 e. The number of hydrogen-bond acceptors (Lipinski definition) is 8. The van der Waals surface area contributed by atoms with Gasteiger partial charge in [-0.25, -0.2) is 0 Å². The van der Waals surface area contributed by atoms with Gasteiger partial charge in [0.05, 0.1) is 44.2 Å². The zero-order valence-electron chi connectivity index (χ0n) is 20.8. The van der Waals surface area contributed by atoms with Crippen molar-refractivity contribution in [2.45, 2.75) is 93.0 Å². The summed E-state index contributed by atoms with van der Waals surface area (Å²) in [6, 6.07) is 10.1. The molecular weight excluding hydrogens is 476 g/mol. The van der Waals surface area contributed by atoms with Gasteiger partial charge in [-0.3, -0.25) is 0 Å². The molecule has 0 unspecified atom stereocenters. The molecule has 200 valence electrons. The highest BCUT2D eigenvalue weighted by molar-refractivity contribution is 5.15. The van der Waals surface area contributed by atoms with Crippen molar-refractivity contribution in [3.8, 4) is 0 Å². The van der Waals surface area contributed by atoms with E-state index in [1.54, 1.807) is 6.08 Å². The lowest BCUT2D eigenvalue weighted by Crippen LogP contribution is -2.64. The lowest BCUT2D eigenvalue weighted by molar-refractivity contribution is -0.295. The lowest BCUT2D eigenvalue weighted by atomic mass is 9.87. The molecule has 0 amide bonds. The molecule has 0 spiro atoms.